The average molecular weight is 564 g/mol. The van der Waals surface area contributed by atoms with Crippen LogP contribution in [0.5, 0.6) is 11.5 Å². The molecule has 0 aliphatic carbocycles. The summed E-state index contributed by atoms with van der Waals surface area (Å²) in [7, 11) is -3.62. The second-order valence-electron chi connectivity index (χ2n) is 10.1. The van der Waals surface area contributed by atoms with Crippen LogP contribution in [0, 0.1) is 0 Å². The third-order valence-electron chi connectivity index (χ3n) is 6.55. The molecule has 0 aliphatic heterocycles. The Morgan fingerprint density at radius 1 is 0.780 bits per heavy atom. The summed E-state index contributed by atoms with van der Waals surface area (Å²) < 4.78 is 33.5. The van der Waals surface area contributed by atoms with Gasteiger partial charge in [-0.15, -0.1) is 0 Å². The van der Waals surface area contributed by atoms with Crippen molar-refractivity contribution in [1.82, 2.24) is 14.5 Å². The van der Waals surface area contributed by atoms with Gasteiger partial charge in [-0.25, -0.2) is 18.4 Å². The van der Waals surface area contributed by atoms with Crippen molar-refractivity contribution in [3.8, 4) is 17.3 Å². The van der Waals surface area contributed by atoms with Crippen LogP contribution in [0.1, 0.15) is 13.8 Å². The number of hydrogen-bond acceptors (Lipinski definition) is 7. The maximum Gasteiger partial charge on any atom is 0.192 e. The molecule has 3 aromatic heterocycles. The van der Waals surface area contributed by atoms with Crippen LogP contribution in [0.2, 0.25) is 0 Å². The highest BCUT2D eigenvalue weighted by molar-refractivity contribution is 7.90. The minimum Gasteiger partial charge on any atom is -0.457 e. The molecule has 3 aromatic carbocycles. The molecule has 0 amide bonds. The van der Waals surface area contributed by atoms with E-state index >= 15 is 0 Å². The van der Waals surface area contributed by atoms with Crippen molar-refractivity contribution in [3.05, 3.63) is 103 Å². The molecule has 206 valence electrons. The Labute approximate surface area is 238 Å². The number of para-hydroxylation sites is 3. The van der Waals surface area contributed by atoms with E-state index in [9.17, 15) is 8.42 Å². The molecule has 6 rings (SSSR count). The van der Waals surface area contributed by atoms with Crippen molar-refractivity contribution >= 4 is 48.8 Å². The van der Waals surface area contributed by atoms with Gasteiger partial charge < -0.3 is 15.4 Å². The number of pyridine rings is 2. The number of sulfone groups is 1. The SMILES string of the molecule is CC(C)Nc1ccccc1Nc1cc(Oc2ccc3c4ccccc4n(-c4ccccn4)c3c2)cc(S(C)(=O)=O)n1. The molecule has 0 fully saturated rings. The molecule has 0 spiro atoms. The maximum atomic E-state index is 12.6. The van der Waals surface area contributed by atoms with Gasteiger partial charge in [-0.05, 0) is 56.3 Å². The number of benzene rings is 3. The zero-order valence-electron chi connectivity index (χ0n) is 22.9. The van der Waals surface area contributed by atoms with Crippen molar-refractivity contribution in [1.29, 1.82) is 0 Å². The lowest BCUT2D eigenvalue weighted by Gasteiger charge is -2.16. The van der Waals surface area contributed by atoms with E-state index in [0.717, 1.165) is 45.3 Å². The van der Waals surface area contributed by atoms with Crippen LogP contribution in [-0.4, -0.2) is 35.3 Å². The minimum absolute atomic E-state index is 0.0875. The molecular weight excluding hydrogens is 534 g/mol. The number of nitrogens with one attached hydrogen (secondary N) is 2. The van der Waals surface area contributed by atoms with Gasteiger partial charge in [0.2, 0.25) is 0 Å². The molecule has 6 aromatic rings. The second kappa shape index (κ2) is 10.6. The summed E-state index contributed by atoms with van der Waals surface area (Å²) in [5.41, 5.74) is 3.60. The van der Waals surface area contributed by atoms with Gasteiger partial charge in [0, 0.05) is 47.5 Å². The first-order chi connectivity index (χ1) is 19.8. The number of rotatable bonds is 8. The number of aromatic nitrogens is 3. The summed E-state index contributed by atoms with van der Waals surface area (Å²) in [6.45, 7) is 4.10. The second-order valence-corrected chi connectivity index (χ2v) is 12.1. The Morgan fingerprint density at radius 2 is 1.51 bits per heavy atom. The van der Waals surface area contributed by atoms with Crippen molar-refractivity contribution in [2.24, 2.45) is 0 Å². The quantitative estimate of drug-likeness (QED) is 0.200. The largest absolute Gasteiger partial charge is 0.457 e. The Kier molecular flexibility index (Phi) is 6.80. The minimum atomic E-state index is -3.62. The highest BCUT2D eigenvalue weighted by Crippen LogP contribution is 2.36. The fraction of sp³-hybridized carbons (Fsp3) is 0.125. The molecular formula is C32H29N5O3S. The van der Waals surface area contributed by atoms with Crippen LogP contribution in [-0.2, 0) is 9.84 Å². The number of nitrogens with zero attached hydrogens (tertiary/aromatic N) is 3. The maximum absolute atomic E-state index is 12.6. The van der Waals surface area contributed by atoms with E-state index in [1.54, 1.807) is 12.3 Å². The van der Waals surface area contributed by atoms with Crippen LogP contribution < -0.4 is 15.4 Å². The van der Waals surface area contributed by atoms with Crippen LogP contribution in [0.4, 0.5) is 17.2 Å². The first-order valence-corrected chi connectivity index (χ1v) is 15.1. The summed E-state index contributed by atoms with van der Waals surface area (Å²) >= 11 is 0. The number of anilines is 3. The summed E-state index contributed by atoms with van der Waals surface area (Å²) in [4.78, 5) is 8.96. The molecule has 0 saturated carbocycles. The molecule has 0 bridgehead atoms. The molecule has 0 unspecified atom stereocenters. The standard InChI is InChI=1S/C32H29N5O3S/c1-21(2)34-26-11-5-6-12-27(26)35-30-19-23(20-32(36-30)41(3,38)39)40-22-15-16-25-24-10-4-7-13-28(24)37(29(25)18-22)31-14-8-9-17-33-31/h4-21,34H,1-3H3,(H,35,36). The lowest BCUT2D eigenvalue weighted by molar-refractivity contribution is 0.480. The van der Waals surface area contributed by atoms with Gasteiger partial charge in [0.25, 0.3) is 0 Å². The third-order valence-corrected chi connectivity index (χ3v) is 7.52. The van der Waals surface area contributed by atoms with E-state index in [1.165, 1.54) is 6.07 Å². The van der Waals surface area contributed by atoms with E-state index in [4.69, 9.17) is 4.74 Å². The van der Waals surface area contributed by atoms with Gasteiger partial charge in [0.1, 0.15) is 23.1 Å². The topological polar surface area (TPSA) is 98.1 Å². The Morgan fingerprint density at radius 3 is 2.27 bits per heavy atom. The van der Waals surface area contributed by atoms with E-state index in [-0.39, 0.29) is 11.1 Å². The van der Waals surface area contributed by atoms with Gasteiger partial charge in [0.05, 0.1) is 22.4 Å². The monoisotopic (exact) mass is 563 g/mol. The first-order valence-electron chi connectivity index (χ1n) is 13.2. The zero-order chi connectivity index (χ0) is 28.6. The van der Waals surface area contributed by atoms with Crippen molar-refractivity contribution in [2.75, 3.05) is 16.9 Å². The highest BCUT2D eigenvalue weighted by atomic mass is 32.2. The molecule has 0 atom stereocenters. The van der Waals surface area contributed by atoms with Gasteiger partial charge in [0.15, 0.2) is 14.9 Å². The average Bonchev–Trinajstić information content (AvgIpc) is 3.27. The summed E-state index contributed by atoms with van der Waals surface area (Å²) in [6.07, 6.45) is 2.90. The van der Waals surface area contributed by atoms with Crippen molar-refractivity contribution in [2.45, 2.75) is 24.9 Å². The fourth-order valence-corrected chi connectivity index (χ4v) is 5.44. The molecule has 0 radical (unpaired) electrons. The molecule has 41 heavy (non-hydrogen) atoms. The van der Waals surface area contributed by atoms with E-state index in [2.05, 4.69) is 51.1 Å². The highest BCUT2D eigenvalue weighted by Gasteiger charge is 2.17. The first kappa shape index (κ1) is 26.3. The zero-order valence-corrected chi connectivity index (χ0v) is 23.7. The van der Waals surface area contributed by atoms with E-state index < -0.39 is 9.84 Å². The predicted octanol–water partition coefficient (Wildman–Crippen LogP) is 7.33. The van der Waals surface area contributed by atoms with Gasteiger partial charge >= 0.3 is 0 Å². The Balaban J connectivity index is 1.42. The third kappa shape index (κ3) is 5.44. The number of fused-ring (bicyclic) bond motifs is 3. The van der Waals surface area contributed by atoms with Crippen molar-refractivity contribution < 1.29 is 13.2 Å². The van der Waals surface area contributed by atoms with Crippen LogP contribution in [0.3, 0.4) is 0 Å². The Hall–Kier alpha value is -4.89. The van der Waals surface area contributed by atoms with Crippen LogP contribution >= 0.6 is 0 Å². The molecule has 0 aliphatic rings. The van der Waals surface area contributed by atoms with Gasteiger partial charge in [-0.3, -0.25) is 4.57 Å². The summed E-state index contributed by atoms with van der Waals surface area (Å²) in [5.74, 6) is 2.04. The molecule has 2 N–H and O–H groups in total. The fourth-order valence-electron chi connectivity index (χ4n) is 4.84. The van der Waals surface area contributed by atoms with Crippen LogP contribution in [0.25, 0.3) is 27.6 Å². The van der Waals surface area contributed by atoms with Crippen LogP contribution in [0.15, 0.2) is 108 Å². The lowest BCUT2D eigenvalue weighted by Crippen LogP contribution is -2.11. The number of ether oxygens (including phenoxy) is 1. The normalized spacial score (nSPS) is 11.7. The van der Waals surface area contributed by atoms with Gasteiger partial charge in [-0.2, -0.15) is 0 Å². The molecule has 9 heteroatoms. The van der Waals surface area contributed by atoms with E-state index in [1.807, 2.05) is 72.8 Å². The molecule has 3 heterocycles. The smallest absolute Gasteiger partial charge is 0.192 e. The summed E-state index contributed by atoms with van der Waals surface area (Å²) in [6, 6.07) is 30.9. The predicted molar refractivity (Wildman–Crippen MR) is 164 cm³/mol. The van der Waals surface area contributed by atoms with E-state index in [0.29, 0.717) is 17.3 Å². The lowest BCUT2D eigenvalue weighted by atomic mass is 10.1. The van der Waals surface area contributed by atoms with Gasteiger partial charge in [-0.1, -0.05) is 36.4 Å². The summed E-state index contributed by atoms with van der Waals surface area (Å²) in [5, 5.41) is 8.73. The molecule has 0 saturated heterocycles. The Bertz CT molecular complexity index is 1990. The number of hydrogen-bond donors (Lipinski definition) is 2. The molecule has 8 nitrogen and oxygen atoms in total. The van der Waals surface area contributed by atoms with Crippen molar-refractivity contribution in [3.63, 3.8) is 0 Å².